The van der Waals surface area contributed by atoms with Crippen LogP contribution in [-0.4, -0.2) is 37.8 Å². The van der Waals surface area contributed by atoms with Crippen LogP contribution in [0.2, 0.25) is 5.02 Å². The van der Waals surface area contributed by atoms with Crippen LogP contribution in [-0.2, 0) is 4.79 Å². The number of hydrogen-bond donors (Lipinski definition) is 2. The Balaban J connectivity index is 2.07. The molecule has 2 N–H and O–H groups in total. The van der Waals surface area contributed by atoms with Gasteiger partial charge in [0.2, 0.25) is 0 Å². The number of hydrazone groups is 1. The van der Waals surface area contributed by atoms with Gasteiger partial charge >= 0.3 is 0 Å². The van der Waals surface area contributed by atoms with E-state index in [1.807, 2.05) is 19.9 Å². The van der Waals surface area contributed by atoms with Crippen molar-refractivity contribution in [3.63, 3.8) is 0 Å². The molecular formula is C23H24ClN3O4. The summed E-state index contributed by atoms with van der Waals surface area (Å²) in [5, 5.41) is 7.00. The van der Waals surface area contributed by atoms with Gasteiger partial charge < -0.3 is 14.8 Å². The number of benzene rings is 2. The predicted molar refractivity (Wildman–Crippen MR) is 121 cm³/mol. The van der Waals surface area contributed by atoms with E-state index >= 15 is 0 Å². The Hall–Kier alpha value is -3.50. The zero-order chi connectivity index (χ0) is 22.8. The average Bonchev–Trinajstić information content (AvgIpc) is 2.76. The third kappa shape index (κ3) is 6.76. The van der Waals surface area contributed by atoms with E-state index in [4.69, 9.17) is 27.5 Å². The topological polar surface area (TPSA) is 89.0 Å². The van der Waals surface area contributed by atoms with Gasteiger partial charge in [0.15, 0.2) is 11.5 Å². The zero-order valence-electron chi connectivity index (χ0n) is 17.5. The van der Waals surface area contributed by atoms with Crippen LogP contribution in [0.3, 0.4) is 0 Å². The van der Waals surface area contributed by atoms with Gasteiger partial charge in [-0.15, -0.1) is 6.42 Å². The Morgan fingerprint density at radius 2 is 1.97 bits per heavy atom. The summed E-state index contributed by atoms with van der Waals surface area (Å²) in [7, 11) is 1.47. The number of methoxy groups -OCH3 is 1. The number of carbonyl (C=O) groups excluding carboxylic acids is 2. The molecule has 0 spiro atoms. The lowest BCUT2D eigenvalue weighted by atomic mass is 10.0. The zero-order valence-corrected chi connectivity index (χ0v) is 18.3. The summed E-state index contributed by atoms with van der Waals surface area (Å²) in [6.07, 6.45) is 6.61. The molecule has 7 nitrogen and oxygen atoms in total. The third-order valence-electron chi connectivity index (χ3n) is 4.21. The smallest absolute Gasteiger partial charge is 0.262 e. The fraction of sp³-hybridized carbons (Fsp3) is 0.261. The molecule has 2 aromatic carbocycles. The number of rotatable bonds is 9. The molecule has 0 aromatic heterocycles. The van der Waals surface area contributed by atoms with Crippen LogP contribution in [0.4, 0.5) is 0 Å². The first-order valence-electron chi connectivity index (χ1n) is 9.50. The normalized spacial score (nSPS) is 11.6. The van der Waals surface area contributed by atoms with E-state index in [0.717, 1.165) is 0 Å². The SMILES string of the molecule is C#CCOc1c(Cl)cc(/C=N/NC(=O)C(NC(=O)c2ccccc2)C(C)C)cc1OC. The molecule has 31 heavy (non-hydrogen) atoms. The molecule has 0 heterocycles. The Kier molecular flexibility index (Phi) is 8.92. The largest absolute Gasteiger partial charge is 0.493 e. The first-order valence-corrected chi connectivity index (χ1v) is 9.87. The molecular weight excluding hydrogens is 418 g/mol. The van der Waals surface area contributed by atoms with E-state index in [9.17, 15) is 9.59 Å². The fourth-order valence-electron chi connectivity index (χ4n) is 2.66. The summed E-state index contributed by atoms with van der Waals surface area (Å²) < 4.78 is 10.7. The van der Waals surface area contributed by atoms with Crippen molar-refractivity contribution in [2.45, 2.75) is 19.9 Å². The summed E-state index contributed by atoms with van der Waals surface area (Å²) in [5.41, 5.74) is 3.49. The lowest BCUT2D eigenvalue weighted by Crippen LogP contribution is -2.48. The van der Waals surface area contributed by atoms with Crippen molar-refractivity contribution >= 4 is 29.6 Å². The van der Waals surface area contributed by atoms with Crippen molar-refractivity contribution in [3.8, 4) is 23.8 Å². The van der Waals surface area contributed by atoms with E-state index < -0.39 is 11.9 Å². The second-order valence-corrected chi connectivity index (χ2v) is 7.23. The lowest BCUT2D eigenvalue weighted by molar-refractivity contribution is -0.123. The van der Waals surface area contributed by atoms with Gasteiger partial charge in [-0.2, -0.15) is 5.10 Å². The highest BCUT2D eigenvalue weighted by molar-refractivity contribution is 6.32. The number of nitrogens with zero attached hydrogens (tertiary/aromatic N) is 1. The van der Waals surface area contributed by atoms with Gasteiger partial charge in [-0.1, -0.05) is 49.6 Å². The first-order chi connectivity index (χ1) is 14.9. The molecule has 1 atom stereocenters. The van der Waals surface area contributed by atoms with E-state index in [-0.39, 0.29) is 23.5 Å². The van der Waals surface area contributed by atoms with Crippen LogP contribution >= 0.6 is 11.6 Å². The van der Waals surface area contributed by atoms with Gasteiger partial charge in [0, 0.05) is 5.56 Å². The Labute approximate surface area is 186 Å². The standard InChI is InChI=1S/C23H24ClN3O4/c1-5-11-31-21-18(24)12-16(13-19(21)30-4)14-25-27-23(29)20(15(2)3)26-22(28)17-9-7-6-8-10-17/h1,6-10,12-15,20H,11H2,2-4H3,(H,26,28)(H,27,29)/b25-14+. The Morgan fingerprint density at radius 3 is 2.58 bits per heavy atom. The lowest BCUT2D eigenvalue weighted by Gasteiger charge is -2.20. The van der Waals surface area contributed by atoms with Gasteiger partial charge in [0.05, 0.1) is 18.3 Å². The van der Waals surface area contributed by atoms with E-state index in [1.54, 1.807) is 36.4 Å². The highest BCUT2D eigenvalue weighted by Crippen LogP contribution is 2.35. The average molecular weight is 442 g/mol. The minimum atomic E-state index is -0.762. The molecule has 0 saturated carbocycles. The highest BCUT2D eigenvalue weighted by atomic mass is 35.5. The highest BCUT2D eigenvalue weighted by Gasteiger charge is 2.24. The maximum atomic E-state index is 12.6. The molecule has 1 unspecified atom stereocenters. The maximum Gasteiger partial charge on any atom is 0.262 e. The number of hydrogen-bond acceptors (Lipinski definition) is 5. The number of ether oxygens (including phenoxy) is 2. The molecule has 2 rings (SSSR count). The van der Waals surface area contributed by atoms with Crippen molar-refractivity contribution in [2.24, 2.45) is 11.0 Å². The van der Waals surface area contributed by atoms with Crippen molar-refractivity contribution in [1.29, 1.82) is 0 Å². The molecule has 2 amide bonds. The summed E-state index contributed by atoms with van der Waals surface area (Å²) >= 11 is 6.23. The summed E-state index contributed by atoms with van der Waals surface area (Å²) in [5.74, 6) is 2.14. The minimum Gasteiger partial charge on any atom is -0.493 e. The predicted octanol–water partition coefficient (Wildman–Crippen LogP) is 3.27. The molecule has 0 bridgehead atoms. The van der Waals surface area contributed by atoms with Gasteiger partial charge in [0.1, 0.15) is 12.6 Å². The fourth-order valence-corrected chi connectivity index (χ4v) is 2.93. The molecule has 0 saturated heterocycles. The molecule has 0 aliphatic heterocycles. The minimum absolute atomic E-state index is 0.0465. The van der Waals surface area contributed by atoms with Crippen LogP contribution < -0.4 is 20.2 Å². The monoisotopic (exact) mass is 441 g/mol. The number of nitrogens with one attached hydrogen (secondary N) is 2. The van der Waals surface area contributed by atoms with Crippen LogP contribution in [0, 0.1) is 18.3 Å². The second kappa shape index (κ2) is 11.6. The van der Waals surface area contributed by atoms with Crippen LogP contribution in [0.25, 0.3) is 0 Å². The Morgan fingerprint density at radius 1 is 1.26 bits per heavy atom. The van der Waals surface area contributed by atoms with E-state index in [0.29, 0.717) is 22.6 Å². The van der Waals surface area contributed by atoms with E-state index in [2.05, 4.69) is 21.8 Å². The van der Waals surface area contributed by atoms with Gasteiger partial charge in [-0.05, 0) is 35.7 Å². The van der Waals surface area contributed by atoms with Crippen molar-refractivity contribution in [2.75, 3.05) is 13.7 Å². The molecule has 0 aliphatic carbocycles. The maximum absolute atomic E-state index is 12.6. The van der Waals surface area contributed by atoms with E-state index in [1.165, 1.54) is 13.3 Å². The van der Waals surface area contributed by atoms with Crippen LogP contribution in [0.1, 0.15) is 29.8 Å². The summed E-state index contributed by atoms with van der Waals surface area (Å²) in [6, 6.07) is 11.2. The Bertz CT molecular complexity index is 984. The number of halogens is 1. The molecule has 2 aromatic rings. The van der Waals surface area contributed by atoms with Gasteiger partial charge in [-0.25, -0.2) is 5.43 Å². The van der Waals surface area contributed by atoms with Crippen molar-refractivity contribution in [1.82, 2.24) is 10.7 Å². The molecule has 8 heteroatoms. The van der Waals surface area contributed by atoms with Crippen LogP contribution in [0.15, 0.2) is 47.6 Å². The molecule has 0 radical (unpaired) electrons. The van der Waals surface area contributed by atoms with Crippen molar-refractivity contribution in [3.05, 3.63) is 58.6 Å². The van der Waals surface area contributed by atoms with Crippen molar-refractivity contribution < 1.29 is 19.1 Å². The number of carbonyl (C=O) groups is 2. The number of terminal acetylenes is 1. The van der Waals surface area contributed by atoms with Gasteiger partial charge in [-0.3, -0.25) is 9.59 Å². The third-order valence-corrected chi connectivity index (χ3v) is 4.49. The molecule has 0 fully saturated rings. The first kappa shape index (κ1) is 23.8. The summed E-state index contributed by atoms with van der Waals surface area (Å²) in [4.78, 5) is 25.0. The quantitative estimate of drug-likeness (QED) is 0.355. The number of amides is 2. The van der Waals surface area contributed by atoms with Gasteiger partial charge in [0.25, 0.3) is 11.8 Å². The molecule has 162 valence electrons. The summed E-state index contributed by atoms with van der Waals surface area (Å²) in [6.45, 7) is 3.71. The molecule has 0 aliphatic rings. The second-order valence-electron chi connectivity index (χ2n) is 6.82. The van der Waals surface area contributed by atoms with Crippen LogP contribution in [0.5, 0.6) is 11.5 Å².